The molecular formula is C6H7N2O5P. The van der Waals surface area contributed by atoms with Gasteiger partial charge >= 0.3 is 13.3 Å². The van der Waals surface area contributed by atoms with Crippen molar-refractivity contribution in [3.8, 4) is 0 Å². The maximum absolute atomic E-state index is 11.0. The van der Waals surface area contributed by atoms with Gasteiger partial charge in [-0.05, 0) is 0 Å². The maximum Gasteiger partial charge on any atom is 0.350 e. The van der Waals surface area contributed by atoms with Gasteiger partial charge in [0.1, 0.15) is 0 Å². The van der Waals surface area contributed by atoms with Crippen LogP contribution in [-0.4, -0.2) is 19.3 Å². The molecule has 0 unspecified atom stereocenters. The zero-order valence-electron chi connectivity index (χ0n) is 6.82. The van der Waals surface area contributed by atoms with E-state index >= 15 is 0 Å². The molecule has 0 atom stereocenters. The molecule has 14 heavy (non-hydrogen) atoms. The summed E-state index contributed by atoms with van der Waals surface area (Å²) in [6.45, 7) is 0. The summed E-state index contributed by atoms with van der Waals surface area (Å²) in [4.78, 5) is 40.4. The highest BCUT2D eigenvalue weighted by molar-refractivity contribution is 7.55. The first kappa shape index (κ1) is 10.6. The highest BCUT2D eigenvalue weighted by Gasteiger charge is 2.05. The van der Waals surface area contributed by atoms with E-state index in [1.807, 2.05) is 4.98 Å². The average Bonchev–Trinajstić information content (AvgIpc) is 2.00. The fourth-order valence-electron chi connectivity index (χ4n) is 0.703. The quantitative estimate of drug-likeness (QED) is 0.559. The third-order valence-electron chi connectivity index (χ3n) is 1.27. The van der Waals surface area contributed by atoms with Gasteiger partial charge in [0.05, 0.1) is 0 Å². The number of hydrogen-bond acceptors (Lipinski definition) is 3. The van der Waals surface area contributed by atoms with Crippen LogP contribution in [0.15, 0.2) is 27.7 Å². The van der Waals surface area contributed by atoms with Crippen LogP contribution in [0.2, 0.25) is 0 Å². The van der Waals surface area contributed by atoms with Gasteiger partial charge in [-0.3, -0.25) is 18.9 Å². The van der Waals surface area contributed by atoms with Crippen molar-refractivity contribution in [2.75, 3.05) is 0 Å². The molecule has 0 radical (unpaired) electrons. The van der Waals surface area contributed by atoms with Gasteiger partial charge < -0.3 is 9.79 Å². The van der Waals surface area contributed by atoms with Crippen LogP contribution in [0.5, 0.6) is 0 Å². The smallest absolute Gasteiger partial charge is 0.321 e. The van der Waals surface area contributed by atoms with Crippen molar-refractivity contribution in [1.29, 1.82) is 0 Å². The molecule has 1 aromatic heterocycles. The highest BCUT2D eigenvalue weighted by atomic mass is 31.2. The zero-order valence-corrected chi connectivity index (χ0v) is 7.72. The molecule has 0 bridgehead atoms. The van der Waals surface area contributed by atoms with E-state index in [2.05, 4.69) is 0 Å². The third kappa shape index (κ3) is 3.14. The monoisotopic (exact) mass is 218 g/mol. The number of aromatic amines is 1. The molecular weight excluding hydrogens is 211 g/mol. The van der Waals surface area contributed by atoms with Crippen LogP contribution >= 0.6 is 7.60 Å². The third-order valence-corrected chi connectivity index (χ3v) is 1.79. The fourth-order valence-corrected chi connectivity index (χ4v) is 1.02. The molecule has 0 aliphatic heterocycles. The summed E-state index contributed by atoms with van der Waals surface area (Å²) in [5.41, 5.74) is -1.34. The molecule has 0 aliphatic carbocycles. The van der Waals surface area contributed by atoms with Crippen molar-refractivity contribution in [2.24, 2.45) is 0 Å². The Hall–Kier alpha value is -1.43. The Labute approximate surface area is 77.5 Å². The van der Waals surface area contributed by atoms with Gasteiger partial charge in [-0.25, -0.2) is 4.79 Å². The Morgan fingerprint density at radius 2 is 2.07 bits per heavy atom. The minimum absolute atomic E-state index is 0.562. The minimum Gasteiger partial charge on any atom is -0.321 e. The van der Waals surface area contributed by atoms with Crippen molar-refractivity contribution in [3.63, 3.8) is 0 Å². The lowest BCUT2D eigenvalue weighted by Gasteiger charge is -1.97. The first-order valence-corrected chi connectivity index (χ1v) is 5.13. The number of H-pyrrole nitrogens is 1. The van der Waals surface area contributed by atoms with Crippen LogP contribution in [0.4, 0.5) is 0 Å². The predicted molar refractivity (Wildman–Crippen MR) is 48.7 cm³/mol. The van der Waals surface area contributed by atoms with Crippen molar-refractivity contribution >= 4 is 13.8 Å². The molecule has 1 rings (SSSR count). The molecule has 0 fully saturated rings. The van der Waals surface area contributed by atoms with E-state index in [1.165, 1.54) is 0 Å². The van der Waals surface area contributed by atoms with Gasteiger partial charge in [0, 0.05) is 24.3 Å². The number of nitrogens with zero attached hydrogens (tertiary/aromatic N) is 1. The van der Waals surface area contributed by atoms with Crippen LogP contribution in [0.1, 0.15) is 0 Å². The largest absolute Gasteiger partial charge is 0.350 e. The molecule has 76 valence electrons. The van der Waals surface area contributed by atoms with E-state index in [0.29, 0.717) is 5.82 Å². The first-order chi connectivity index (χ1) is 6.38. The second kappa shape index (κ2) is 3.75. The lowest BCUT2D eigenvalue weighted by molar-refractivity contribution is 0.386. The first-order valence-electron chi connectivity index (χ1n) is 3.44. The van der Waals surface area contributed by atoms with Gasteiger partial charge in [0.15, 0.2) is 0 Å². The van der Waals surface area contributed by atoms with Crippen molar-refractivity contribution in [1.82, 2.24) is 9.55 Å². The molecule has 3 N–H and O–H groups in total. The van der Waals surface area contributed by atoms with E-state index in [0.717, 1.165) is 23.0 Å². The van der Waals surface area contributed by atoms with E-state index < -0.39 is 18.8 Å². The van der Waals surface area contributed by atoms with Crippen LogP contribution < -0.4 is 11.2 Å². The van der Waals surface area contributed by atoms with Gasteiger partial charge in [-0.15, -0.1) is 0 Å². The molecule has 0 aliphatic rings. The SMILES string of the molecule is O=c1ccn(/C=C\P(=O)(O)O)c(=O)[nH]1. The maximum atomic E-state index is 11.0. The molecule has 1 aromatic rings. The average molecular weight is 218 g/mol. The Bertz CT molecular complexity index is 507. The fraction of sp³-hybridized carbons (Fsp3) is 0. The second-order valence-electron chi connectivity index (χ2n) is 2.40. The molecule has 7 nitrogen and oxygen atoms in total. The van der Waals surface area contributed by atoms with Gasteiger partial charge in [-0.1, -0.05) is 0 Å². The number of aromatic nitrogens is 2. The summed E-state index contributed by atoms with van der Waals surface area (Å²) in [5, 5.41) is 0. The molecule has 0 aromatic carbocycles. The molecule has 8 heteroatoms. The van der Waals surface area contributed by atoms with Crippen molar-refractivity contribution in [3.05, 3.63) is 38.9 Å². The van der Waals surface area contributed by atoms with Crippen LogP contribution in [-0.2, 0) is 4.57 Å². The van der Waals surface area contributed by atoms with E-state index in [4.69, 9.17) is 9.79 Å². The van der Waals surface area contributed by atoms with E-state index in [9.17, 15) is 14.2 Å². The van der Waals surface area contributed by atoms with E-state index in [-0.39, 0.29) is 0 Å². The summed E-state index contributed by atoms with van der Waals surface area (Å²) in [6.07, 6.45) is 1.99. The summed E-state index contributed by atoms with van der Waals surface area (Å²) in [6, 6.07) is 1.06. The summed E-state index contributed by atoms with van der Waals surface area (Å²) in [7, 11) is -4.30. The Balaban J connectivity index is 3.11. The number of hydrogen-bond donors (Lipinski definition) is 3. The molecule has 1 heterocycles. The zero-order chi connectivity index (χ0) is 10.8. The Kier molecular flexibility index (Phi) is 2.85. The highest BCUT2D eigenvalue weighted by Crippen LogP contribution is 2.35. The lowest BCUT2D eigenvalue weighted by atomic mass is 10.6. The Morgan fingerprint density at radius 3 is 2.57 bits per heavy atom. The lowest BCUT2D eigenvalue weighted by Crippen LogP contribution is -2.25. The minimum atomic E-state index is -4.30. The van der Waals surface area contributed by atoms with Crippen LogP contribution in [0, 0.1) is 0 Å². The van der Waals surface area contributed by atoms with Crippen LogP contribution in [0.25, 0.3) is 6.20 Å². The van der Waals surface area contributed by atoms with Crippen molar-refractivity contribution < 1.29 is 14.4 Å². The summed E-state index contributed by atoms with van der Waals surface area (Å²) >= 11 is 0. The number of rotatable bonds is 2. The van der Waals surface area contributed by atoms with Gasteiger partial charge in [0.25, 0.3) is 5.56 Å². The number of nitrogens with one attached hydrogen (secondary N) is 1. The molecule has 0 saturated heterocycles. The molecule has 0 saturated carbocycles. The predicted octanol–water partition coefficient (Wildman–Crippen LogP) is -0.858. The summed E-state index contributed by atoms with van der Waals surface area (Å²) in [5.74, 6) is 0.562. The normalized spacial score (nSPS) is 12.1. The van der Waals surface area contributed by atoms with Crippen LogP contribution in [0.3, 0.4) is 0 Å². The molecule has 0 spiro atoms. The Morgan fingerprint density at radius 1 is 1.43 bits per heavy atom. The topological polar surface area (TPSA) is 112 Å². The van der Waals surface area contributed by atoms with Gasteiger partial charge in [0.2, 0.25) is 0 Å². The van der Waals surface area contributed by atoms with E-state index in [1.54, 1.807) is 0 Å². The standard InChI is InChI=1S/C6H7N2O5P/c9-5-1-2-8(6(10)7-5)3-4-14(11,12)13/h1-4H,(H,7,9,10)(H2,11,12,13)/b4-3-. The second-order valence-corrected chi connectivity index (χ2v) is 3.88. The van der Waals surface area contributed by atoms with Crippen molar-refractivity contribution in [2.45, 2.75) is 0 Å². The van der Waals surface area contributed by atoms with Gasteiger partial charge in [-0.2, -0.15) is 0 Å². The summed E-state index contributed by atoms with van der Waals surface area (Å²) < 4.78 is 11.3. The molecule has 0 amide bonds.